The van der Waals surface area contributed by atoms with Gasteiger partial charge in [-0.25, -0.2) is 13.1 Å². The van der Waals surface area contributed by atoms with Gasteiger partial charge in [-0.2, -0.15) is 0 Å². The Kier molecular flexibility index (Phi) is 5.84. The first-order valence-electron chi connectivity index (χ1n) is 8.87. The van der Waals surface area contributed by atoms with Crippen LogP contribution in [0.5, 0.6) is 5.75 Å². The van der Waals surface area contributed by atoms with Gasteiger partial charge in [0.05, 0.1) is 12.9 Å². The minimum atomic E-state index is -3.32. The number of aryl methyl sites for hydroxylation is 1. The van der Waals surface area contributed by atoms with E-state index in [4.69, 9.17) is 4.74 Å². The van der Waals surface area contributed by atoms with Gasteiger partial charge in [-0.15, -0.1) is 0 Å². The molecule has 0 amide bonds. The van der Waals surface area contributed by atoms with Crippen LogP contribution in [0.3, 0.4) is 0 Å². The summed E-state index contributed by atoms with van der Waals surface area (Å²) < 4.78 is 32.7. The second-order valence-electron chi connectivity index (χ2n) is 6.90. The van der Waals surface area contributed by atoms with Gasteiger partial charge in [0.2, 0.25) is 10.0 Å². The van der Waals surface area contributed by atoms with Crippen molar-refractivity contribution in [2.24, 2.45) is 5.92 Å². The van der Waals surface area contributed by atoms with Crippen LogP contribution < -0.4 is 14.4 Å². The maximum Gasteiger partial charge on any atom is 0.215 e. The van der Waals surface area contributed by atoms with Crippen molar-refractivity contribution in [2.75, 3.05) is 31.6 Å². The van der Waals surface area contributed by atoms with E-state index in [1.165, 1.54) is 0 Å². The highest BCUT2D eigenvalue weighted by Gasteiger charge is 2.24. The molecule has 6 heteroatoms. The Morgan fingerprint density at radius 2 is 1.96 bits per heavy atom. The maximum absolute atomic E-state index is 12.4. The molecule has 1 aliphatic rings. The Bertz CT molecular complexity index is 834. The van der Waals surface area contributed by atoms with E-state index in [0.717, 1.165) is 42.1 Å². The second-order valence-corrected chi connectivity index (χ2v) is 8.70. The van der Waals surface area contributed by atoms with Crippen LogP contribution in [-0.4, -0.2) is 35.2 Å². The largest absolute Gasteiger partial charge is 0.497 e. The molecule has 3 rings (SSSR count). The molecule has 0 saturated carbocycles. The second kappa shape index (κ2) is 8.10. The van der Waals surface area contributed by atoms with Crippen molar-refractivity contribution in [1.82, 2.24) is 4.72 Å². The van der Waals surface area contributed by atoms with E-state index < -0.39 is 10.0 Å². The Morgan fingerprint density at radius 1 is 1.19 bits per heavy atom. The van der Waals surface area contributed by atoms with E-state index in [-0.39, 0.29) is 5.75 Å². The van der Waals surface area contributed by atoms with Gasteiger partial charge in [0.15, 0.2) is 0 Å². The molecule has 0 aliphatic carbocycles. The van der Waals surface area contributed by atoms with Gasteiger partial charge < -0.3 is 9.64 Å². The third kappa shape index (κ3) is 4.99. The highest BCUT2D eigenvalue weighted by atomic mass is 32.2. The lowest BCUT2D eigenvalue weighted by molar-refractivity contribution is 0.415. The Hall–Kier alpha value is -2.05. The smallest absolute Gasteiger partial charge is 0.215 e. The van der Waals surface area contributed by atoms with Crippen LogP contribution in [0.15, 0.2) is 48.5 Å². The summed E-state index contributed by atoms with van der Waals surface area (Å²) in [5.74, 6) is 1.20. The maximum atomic E-state index is 12.4. The molecule has 140 valence electrons. The first-order chi connectivity index (χ1) is 12.4. The number of benzene rings is 2. The fourth-order valence-electron chi connectivity index (χ4n) is 3.34. The monoisotopic (exact) mass is 374 g/mol. The van der Waals surface area contributed by atoms with Gasteiger partial charge in [0.1, 0.15) is 5.75 Å². The Labute approximate surface area is 156 Å². The quantitative estimate of drug-likeness (QED) is 0.810. The van der Waals surface area contributed by atoms with Crippen molar-refractivity contribution in [3.8, 4) is 5.75 Å². The number of hydrogen-bond acceptors (Lipinski definition) is 4. The van der Waals surface area contributed by atoms with Gasteiger partial charge in [-0.1, -0.05) is 29.8 Å². The lowest BCUT2D eigenvalue weighted by Gasteiger charge is -2.19. The van der Waals surface area contributed by atoms with Crippen LogP contribution >= 0.6 is 0 Å². The van der Waals surface area contributed by atoms with E-state index in [1.807, 2.05) is 55.5 Å². The number of sulfonamides is 1. The molecule has 1 saturated heterocycles. The number of methoxy groups -OCH3 is 1. The summed E-state index contributed by atoms with van der Waals surface area (Å²) in [5, 5.41) is 0. The lowest BCUT2D eigenvalue weighted by atomic mass is 10.1. The SMILES string of the molecule is COc1ccc(N2CCC(CNS(=O)(=O)Cc3cccc(C)c3)C2)cc1. The predicted molar refractivity (Wildman–Crippen MR) is 105 cm³/mol. The summed E-state index contributed by atoms with van der Waals surface area (Å²) in [6, 6.07) is 15.6. The molecule has 1 unspecified atom stereocenters. The molecular formula is C20H26N2O3S. The highest BCUT2D eigenvalue weighted by Crippen LogP contribution is 2.25. The number of rotatable bonds is 7. The summed E-state index contributed by atoms with van der Waals surface area (Å²) in [4.78, 5) is 2.29. The molecule has 0 radical (unpaired) electrons. The Balaban J connectivity index is 1.52. The Morgan fingerprint density at radius 3 is 2.65 bits per heavy atom. The fraction of sp³-hybridized carbons (Fsp3) is 0.400. The fourth-order valence-corrected chi connectivity index (χ4v) is 4.55. The molecule has 0 spiro atoms. The van der Waals surface area contributed by atoms with Gasteiger partial charge in [-0.3, -0.25) is 0 Å². The number of ether oxygens (including phenoxy) is 1. The van der Waals surface area contributed by atoms with Crippen LogP contribution in [0.2, 0.25) is 0 Å². The zero-order chi connectivity index (χ0) is 18.6. The molecule has 5 nitrogen and oxygen atoms in total. The molecule has 1 heterocycles. The van der Waals surface area contributed by atoms with Crippen molar-refractivity contribution in [3.63, 3.8) is 0 Å². The predicted octanol–water partition coefficient (Wildman–Crippen LogP) is 2.95. The molecule has 26 heavy (non-hydrogen) atoms. The average molecular weight is 375 g/mol. The highest BCUT2D eigenvalue weighted by molar-refractivity contribution is 7.88. The van der Waals surface area contributed by atoms with Crippen molar-refractivity contribution in [2.45, 2.75) is 19.1 Å². The van der Waals surface area contributed by atoms with Crippen LogP contribution in [0.25, 0.3) is 0 Å². The summed E-state index contributed by atoms with van der Waals surface area (Å²) in [6.07, 6.45) is 0.985. The average Bonchev–Trinajstić information content (AvgIpc) is 3.09. The zero-order valence-electron chi connectivity index (χ0n) is 15.3. The third-order valence-electron chi connectivity index (χ3n) is 4.75. The lowest BCUT2D eigenvalue weighted by Crippen LogP contribution is -2.32. The molecule has 1 aliphatic heterocycles. The molecule has 1 fully saturated rings. The van der Waals surface area contributed by atoms with Gasteiger partial charge in [0.25, 0.3) is 0 Å². The minimum absolute atomic E-state index is 0.0313. The molecule has 2 aromatic rings. The van der Waals surface area contributed by atoms with Crippen molar-refractivity contribution >= 4 is 15.7 Å². The molecule has 0 bridgehead atoms. The first-order valence-corrected chi connectivity index (χ1v) is 10.5. The molecule has 2 aromatic carbocycles. The summed E-state index contributed by atoms with van der Waals surface area (Å²) in [7, 11) is -1.66. The molecular weight excluding hydrogens is 348 g/mol. The van der Waals surface area contributed by atoms with Gasteiger partial charge in [-0.05, 0) is 49.1 Å². The van der Waals surface area contributed by atoms with Crippen LogP contribution in [0, 0.1) is 12.8 Å². The normalized spacial score (nSPS) is 17.5. The summed E-state index contributed by atoms with van der Waals surface area (Å²) in [5.41, 5.74) is 3.04. The van der Waals surface area contributed by atoms with E-state index in [9.17, 15) is 8.42 Å². The topological polar surface area (TPSA) is 58.6 Å². The number of anilines is 1. The number of nitrogens with zero attached hydrogens (tertiary/aromatic N) is 1. The number of hydrogen-bond donors (Lipinski definition) is 1. The standard InChI is InChI=1S/C20H26N2O3S/c1-16-4-3-5-17(12-16)15-26(23,24)21-13-18-10-11-22(14-18)19-6-8-20(25-2)9-7-19/h3-9,12,18,21H,10-11,13-15H2,1-2H3. The van der Waals surface area contributed by atoms with Crippen LogP contribution in [0.4, 0.5) is 5.69 Å². The minimum Gasteiger partial charge on any atom is -0.497 e. The van der Waals surface area contributed by atoms with E-state index in [2.05, 4.69) is 9.62 Å². The van der Waals surface area contributed by atoms with Gasteiger partial charge in [0, 0.05) is 25.3 Å². The van der Waals surface area contributed by atoms with Crippen molar-refractivity contribution in [3.05, 3.63) is 59.7 Å². The van der Waals surface area contributed by atoms with E-state index in [1.54, 1.807) is 7.11 Å². The van der Waals surface area contributed by atoms with Crippen LogP contribution in [-0.2, 0) is 15.8 Å². The third-order valence-corrected chi connectivity index (χ3v) is 6.07. The zero-order valence-corrected chi connectivity index (χ0v) is 16.1. The van der Waals surface area contributed by atoms with E-state index >= 15 is 0 Å². The van der Waals surface area contributed by atoms with Crippen LogP contribution in [0.1, 0.15) is 17.5 Å². The summed E-state index contributed by atoms with van der Waals surface area (Å²) >= 11 is 0. The molecule has 0 aromatic heterocycles. The summed E-state index contributed by atoms with van der Waals surface area (Å²) in [6.45, 7) is 4.26. The van der Waals surface area contributed by atoms with Crippen molar-refractivity contribution < 1.29 is 13.2 Å². The first kappa shape index (κ1) is 18.7. The number of nitrogens with one attached hydrogen (secondary N) is 1. The van der Waals surface area contributed by atoms with Crippen molar-refractivity contribution in [1.29, 1.82) is 0 Å². The molecule has 1 atom stereocenters. The van der Waals surface area contributed by atoms with Gasteiger partial charge >= 0.3 is 0 Å². The molecule has 1 N–H and O–H groups in total. The van der Waals surface area contributed by atoms with E-state index in [0.29, 0.717) is 12.5 Å².